The molecule has 90 valence electrons. The standard InChI is InChI=1S/C12H26N2O/c1-4-11-6-7-14(8-11)12(5-2,9-13)10-15-3/h11H,4-10,13H2,1-3H3. The third-order valence-electron chi connectivity index (χ3n) is 3.99. The summed E-state index contributed by atoms with van der Waals surface area (Å²) in [4.78, 5) is 2.55. The lowest BCUT2D eigenvalue weighted by Crippen LogP contribution is -2.55. The molecule has 1 aliphatic heterocycles. The summed E-state index contributed by atoms with van der Waals surface area (Å²) in [6.45, 7) is 8.34. The van der Waals surface area contributed by atoms with Gasteiger partial charge in [0.2, 0.25) is 0 Å². The summed E-state index contributed by atoms with van der Waals surface area (Å²) in [6.07, 6.45) is 3.68. The van der Waals surface area contributed by atoms with Gasteiger partial charge in [-0.1, -0.05) is 20.3 Å². The fraction of sp³-hybridized carbons (Fsp3) is 1.00. The van der Waals surface area contributed by atoms with Crippen molar-refractivity contribution in [3.8, 4) is 0 Å². The van der Waals surface area contributed by atoms with Gasteiger partial charge in [0.25, 0.3) is 0 Å². The average molecular weight is 214 g/mol. The lowest BCUT2D eigenvalue weighted by atomic mass is 9.95. The van der Waals surface area contributed by atoms with Crippen molar-refractivity contribution in [1.29, 1.82) is 0 Å². The highest BCUT2D eigenvalue weighted by Crippen LogP contribution is 2.28. The van der Waals surface area contributed by atoms with E-state index in [1.807, 2.05) is 0 Å². The second-order valence-electron chi connectivity index (χ2n) is 4.72. The van der Waals surface area contributed by atoms with Crippen LogP contribution in [0.5, 0.6) is 0 Å². The number of rotatable bonds is 6. The molecule has 0 spiro atoms. The van der Waals surface area contributed by atoms with Crippen molar-refractivity contribution in [1.82, 2.24) is 4.90 Å². The molecule has 0 aromatic rings. The van der Waals surface area contributed by atoms with Gasteiger partial charge in [0.05, 0.1) is 12.1 Å². The van der Waals surface area contributed by atoms with Crippen LogP contribution >= 0.6 is 0 Å². The van der Waals surface area contributed by atoms with Gasteiger partial charge in [-0.25, -0.2) is 0 Å². The first kappa shape index (κ1) is 12.9. The van der Waals surface area contributed by atoms with Crippen LogP contribution in [0.25, 0.3) is 0 Å². The highest BCUT2D eigenvalue weighted by atomic mass is 16.5. The number of likely N-dealkylation sites (tertiary alicyclic amines) is 1. The molecule has 3 heteroatoms. The van der Waals surface area contributed by atoms with E-state index in [-0.39, 0.29) is 5.54 Å². The van der Waals surface area contributed by atoms with Gasteiger partial charge < -0.3 is 10.5 Å². The number of nitrogens with zero attached hydrogens (tertiary/aromatic N) is 1. The minimum atomic E-state index is 0.0820. The Morgan fingerprint density at radius 2 is 2.20 bits per heavy atom. The quantitative estimate of drug-likeness (QED) is 0.728. The van der Waals surface area contributed by atoms with Gasteiger partial charge in [-0.05, 0) is 25.3 Å². The number of hydrogen-bond acceptors (Lipinski definition) is 3. The maximum absolute atomic E-state index is 5.95. The first-order chi connectivity index (χ1) is 7.22. The zero-order chi connectivity index (χ0) is 11.3. The molecule has 15 heavy (non-hydrogen) atoms. The van der Waals surface area contributed by atoms with E-state index in [0.717, 1.165) is 18.9 Å². The third-order valence-corrected chi connectivity index (χ3v) is 3.99. The van der Waals surface area contributed by atoms with Gasteiger partial charge in [-0.15, -0.1) is 0 Å². The van der Waals surface area contributed by atoms with Crippen molar-refractivity contribution in [2.24, 2.45) is 11.7 Å². The van der Waals surface area contributed by atoms with Gasteiger partial charge in [0, 0.05) is 20.2 Å². The van der Waals surface area contributed by atoms with Crippen molar-refractivity contribution in [3.63, 3.8) is 0 Å². The Hall–Kier alpha value is -0.120. The number of nitrogens with two attached hydrogens (primary N) is 1. The lowest BCUT2D eigenvalue weighted by molar-refractivity contribution is 0.0242. The van der Waals surface area contributed by atoms with Crippen LogP contribution in [0.3, 0.4) is 0 Å². The number of methoxy groups -OCH3 is 1. The first-order valence-corrected chi connectivity index (χ1v) is 6.16. The van der Waals surface area contributed by atoms with Crippen LogP contribution in [0, 0.1) is 5.92 Å². The summed E-state index contributed by atoms with van der Waals surface area (Å²) in [6, 6.07) is 0. The molecule has 0 saturated carbocycles. The minimum absolute atomic E-state index is 0.0820. The zero-order valence-electron chi connectivity index (χ0n) is 10.5. The van der Waals surface area contributed by atoms with Crippen LogP contribution in [0.2, 0.25) is 0 Å². The van der Waals surface area contributed by atoms with Crippen LogP contribution in [-0.2, 0) is 4.74 Å². The van der Waals surface area contributed by atoms with Crippen molar-refractivity contribution < 1.29 is 4.74 Å². The molecule has 3 nitrogen and oxygen atoms in total. The van der Waals surface area contributed by atoms with Gasteiger partial charge in [0.15, 0.2) is 0 Å². The summed E-state index contributed by atoms with van der Waals surface area (Å²) in [5.41, 5.74) is 6.03. The fourth-order valence-electron chi connectivity index (χ4n) is 2.61. The topological polar surface area (TPSA) is 38.5 Å². The van der Waals surface area contributed by atoms with Crippen molar-refractivity contribution in [2.45, 2.75) is 38.6 Å². The molecular weight excluding hydrogens is 188 g/mol. The maximum Gasteiger partial charge on any atom is 0.0658 e. The molecule has 0 amide bonds. The van der Waals surface area contributed by atoms with Crippen molar-refractivity contribution in [2.75, 3.05) is 33.4 Å². The predicted octanol–water partition coefficient (Wildman–Crippen LogP) is 1.47. The Bertz CT molecular complexity index is 180. The summed E-state index contributed by atoms with van der Waals surface area (Å²) < 4.78 is 5.35. The van der Waals surface area contributed by atoms with E-state index in [2.05, 4.69) is 18.7 Å². The Kier molecular flexibility index (Phi) is 5.03. The molecule has 0 aromatic carbocycles. The van der Waals surface area contributed by atoms with Crippen LogP contribution in [-0.4, -0.2) is 43.8 Å². The molecule has 1 aliphatic rings. The SMILES string of the molecule is CCC1CCN(C(CC)(CN)COC)C1. The molecule has 2 N–H and O–H groups in total. The number of hydrogen-bond donors (Lipinski definition) is 1. The molecule has 2 unspecified atom stereocenters. The van der Waals surface area contributed by atoms with E-state index in [0.29, 0.717) is 6.54 Å². The van der Waals surface area contributed by atoms with Gasteiger partial charge in [-0.2, -0.15) is 0 Å². The monoisotopic (exact) mass is 214 g/mol. The molecule has 0 bridgehead atoms. The Morgan fingerprint density at radius 3 is 2.60 bits per heavy atom. The highest BCUT2D eigenvalue weighted by molar-refractivity contribution is 4.94. The van der Waals surface area contributed by atoms with Crippen LogP contribution in [0.15, 0.2) is 0 Å². The zero-order valence-corrected chi connectivity index (χ0v) is 10.5. The largest absolute Gasteiger partial charge is 0.383 e. The summed E-state index contributed by atoms with van der Waals surface area (Å²) in [7, 11) is 1.77. The third kappa shape index (κ3) is 2.71. The van der Waals surface area contributed by atoms with Crippen molar-refractivity contribution in [3.05, 3.63) is 0 Å². The highest BCUT2D eigenvalue weighted by Gasteiger charge is 2.37. The Balaban J connectivity index is 2.64. The van der Waals surface area contributed by atoms with E-state index in [1.165, 1.54) is 25.9 Å². The lowest BCUT2D eigenvalue weighted by Gasteiger charge is -2.40. The second-order valence-corrected chi connectivity index (χ2v) is 4.72. The van der Waals surface area contributed by atoms with E-state index < -0.39 is 0 Å². The predicted molar refractivity (Wildman–Crippen MR) is 63.9 cm³/mol. The maximum atomic E-state index is 5.95. The summed E-state index contributed by atoms with van der Waals surface area (Å²) in [5, 5.41) is 0. The fourth-order valence-corrected chi connectivity index (χ4v) is 2.61. The van der Waals surface area contributed by atoms with Gasteiger partial charge in [-0.3, -0.25) is 4.90 Å². The number of ether oxygens (including phenoxy) is 1. The molecule has 0 aliphatic carbocycles. The molecule has 2 atom stereocenters. The molecule has 1 fully saturated rings. The van der Waals surface area contributed by atoms with Gasteiger partial charge >= 0.3 is 0 Å². The van der Waals surface area contributed by atoms with E-state index in [9.17, 15) is 0 Å². The van der Waals surface area contributed by atoms with Crippen LogP contribution in [0.4, 0.5) is 0 Å². The normalized spacial score (nSPS) is 26.8. The van der Waals surface area contributed by atoms with Crippen LogP contribution in [0.1, 0.15) is 33.1 Å². The van der Waals surface area contributed by atoms with Gasteiger partial charge in [0.1, 0.15) is 0 Å². The second kappa shape index (κ2) is 5.83. The van der Waals surface area contributed by atoms with E-state index in [1.54, 1.807) is 7.11 Å². The molecule has 1 rings (SSSR count). The molecule has 1 saturated heterocycles. The Morgan fingerprint density at radius 1 is 1.47 bits per heavy atom. The minimum Gasteiger partial charge on any atom is -0.383 e. The molecule has 1 heterocycles. The molecule has 0 aromatic heterocycles. The summed E-state index contributed by atoms with van der Waals surface area (Å²) in [5.74, 6) is 0.860. The molecular formula is C12H26N2O. The first-order valence-electron chi connectivity index (χ1n) is 6.16. The van der Waals surface area contributed by atoms with E-state index in [4.69, 9.17) is 10.5 Å². The Labute approximate surface area is 94.0 Å². The average Bonchev–Trinajstić information content (AvgIpc) is 2.75. The van der Waals surface area contributed by atoms with Crippen LogP contribution < -0.4 is 5.73 Å². The molecule has 0 radical (unpaired) electrons. The smallest absolute Gasteiger partial charge is 0.0658 e. The van der Waals surface area contributed by atoms with E-state index >= 15 is 0 Å². The van der Waals surface area contributed by atoms with Crippen molar-refractivity contribution >= 4 is 0 Å². The summed E-state index contributed by atoms with van der Waals surface area (Å²) >= 11 is 0.